The largest absolute Gasteiger partial charge is 0.504 e. The smallest absolute Gasteiger partial charge is 0.157 e. The van der Waals surface area contributed by atoms with E-state index in [1.165, 1.54) is 12.1 Å². The van der Waals surface area contributed by atoms with Gasteiger partial charge in [-0.05, 0) is 29.8 Å². The molecule has 0 bridgehead atoms. The SMILES string of the molecule is Oc1ccc(C(O)CNc2ccccc2Cl)cc1O. The molecule has 5 heteroatoms. The summed E-state index contributed by atoms with van der Waals surface area (Å²) in [7, 11) is 0. The van der Waals surface area contributed by atoms with Crippen LogP contribution < -0.4 is 5.32 Å². The summed E-state index contributed by atoms with van der Waals surface area (Å²) < 4.78 is 0. The molecule has 1 atom stereocenters. The quantitative estimate of drug-likeness (QED) is 0.650. The van der Waals surface area contributed by atoms with E-state index in [-0.39, 0.29) is 18.0 Å². The number of hydrogen-bond acceptors (Lipinski definition) is 4. The fourth-order valence-corrected chi connectivity index (χ4v) is 1.88. The van der Waals surface area contributed by atoms with Crippen LogP contribution in [0.5, 0.6) is 11.5 Å². The Hall–Kier alpha value is -1.91. The highest BCUT2D eigenvalue weighted by molar-refractivity contribution is 6.33. The third kappa shape index (κ3) is 3.30. The summed E-state index contributed by atoms with van der Waals surface area (Å²) in [5, 5.41) is 32.2. The Morgan fingerprint density at radius 2 is 1.79 bits per heavy atom. The van der Waals surface area contributed by atoms with E-state index in [1.54, 1.807) is 12.1 Å². The first-order valence-corrected chi connectivity index (χ1v) is 6.14. The van der Waals surface area contributed by atoms with Crippen LogP contribution in [-0.2, 0) is 0 Å². The monoisotopic (exact) mass is 279 g/mol. The van der Waals surface area contributed by atoms with E-state index >= 15 is 0 Å². The Labute approximate surface area is 115 Å². The average molecular weight is 280 g/mol. The fourth-order valence-electron chi connectivity index (χ4n) is 1.68. The van der Waals surface area contributed by atoms with Crippen LogP contribution in [0.1, 0.15) is 11.7 Å². The molecule has 4 N–H and O–H groups in total. The Morgan fingerprint density at radius 3 is 2.47 bits per heavy atom. The number of rotatable bonds is 4. The lowest BCUT2D eigenvalue weighted by atomic mass is 10.1. The summed E-state index contributed by atoms with van der Waals surface area (Å²) in [5.74, 6) is -0.468. The number of phenolic OH excluding ortho intramolecular Hbond substituents is 2. The second-order valence-electron chi connectivity index (χ2n) is 4.12. The van der Waals surface area contributed by atoms with E-state index in [0.29, 0.717) is 10.6 Å². The number of halogens is 1. The lowest BCUT2D eigenvalue weighted by Gasteiger charge is -2.14. The lowest BCUT2D eigenvalue weighted by Crippen LogP contribution is -2.12. The average Bonchev–Trinajstić information content (AvgIpc) is 2.40. The molecule has 0 aliphatic carbocycles. The number of phenols is 2. The molecule has 0 aliphatic rings. The van der Waals surface area contributed by atoms with Gasteiger partial charge in [0.2, 0.25) is 0 Å². The predicted octanol–water partition coefficient (Wildman–Crippen LogP) is 2.90. The van der Waals surface area contributed by atoms with E-state index in [9.17, 15) is 15.3 Å². The highest BCUT2D eigenvalue weighted by Gasteiger charge is 2.10. The molecule has 0 amide bonds. The van der Waals surface area contributed by atoms with Crippen LogP contribution in [0.15, 0.2) is 42.5 Å². The van der Waals surface area contributed by atoms with Crippen LogP contribution in [0.2, 0.25) is 5.02 Å². The number of aliphatic hydroxyl groups is 1. The summed E-state index contributed by atoms with van der Waals surface area (Å²) in [5.41, 5.74) is 1.24. The lowest BCUT2D eigenvalue weighted by molar-refractivity contribution is 0.191. The topological polar surface area (TPSA) is 72.7 Å². The summed E-state index contributed by atoms with van der Waals surface area (Å²) >= 11 is 5.98. The van der Waals surface area contributed by atoms with E-state index in [0.717, 1.165) is 5.69 Å². The normalized spacial score (nSPS) is 12.1. The summed E-state index contributed by atoms with van der Waals surface area (Å²) in [6, 6.07) is 11.4. The van der Waals surface area contributed by atoms with E-state index in [1.807, 2.05) is 18.2 Å². The zero-order valence-electron chi connectivity index (χ0n) is 10.0. The molecular weight excluding hydrogens is 266 g/mol. The molecule has 1 unspecified atom stereocenters. The van der Waals surface area contributed by atoms with Crippen LogP contribution >= 0.6 is 11.6 Å². The van der Waals surface area contributed by atoms with Gasteiger partial charge in [-0.25, -0.2) is 0 Å². The van der Waals surface area contributed by atoms with Gasteiger partial charge in [-0.2, -0.15) is 0 Å². The van der Waals surface area contributed by atoms with Gasteiger partial charge in [0.1, 0.15) is 0 Å². The molecule has 4 nitrogen and oxygen atoms in total. The molecule has 0 aromatic heterocycles. The molecular formula is C14H14ClNO3. The van der Waals surface area contributed by atoms with Crippen molar-refractivity contribution in [2.75, 3.05) is 11.9 Å². The Morgan fingerprint density at radius 1 is 1.05 bits per heavy atom. The van der Waals surface area contributed by atoms with Crippen molar-refractivity contribution in [1.29, 1.82) is 0 Å². The zero-order valence-corrected chi connectivity index (χ0v) is 10.8. The maximum atomic E-state index is 9.99. The number of aromatic hydroxyl groups is 2. The van der Waals surface area contributed by atoms with Gasteiger partial charge in [0.15, 0.2) is 11.5 Å². The number of anilines is 1. The van der Waals surface area contributed by atoms with Gasteiger partial charge in [-0.1, -0.05) is 29.8 Å². The highest BCUT2D eigenvalue weighted by atomic mass is 35.5. The van der Waals surface area contributed by atoms with Gasteiger partial charge in [0, 0.05) is 6.54 Å². The molecule has 0 heterocycles. The molecule has 0 saturated carbocycles. The molecule has 0 aliphatic heterocycles. The number of benzene rings is 2. The van der Waals surface area contributed by atoms with Crippen molar-refractivity contribution in [1.82, 2.24) is 0 Å². The Kier molecular flexibility index (Phi) is 4.14. The first kappa shape index (κ1) is 13.5. The van der Waals surface area contributed by atoms with Crippen molar-refractivity contribution >= 4 is 17.3 Å². The van der Waals surface area contributed by atoms with E-state index < -0.39 is 6.10 Å². The first-order chi connectivity index (χ1) is 9.08. The van der Waals surface area contributed by atoms with Crippen molar-refractivity contribution in [3.05, 3.63) is 53.1 Å². The molecule has 0 spiro atoms. The van der Waals surface area contributed by atoms with Gasteiger partial charge >= 0.3 is 0 Å². The standard InChI is InChI=1S/C14H14ClNO3/c15-10-3-1-2-4-11(10)16-8-14(19)9-5-6-12(17)13(18)7-9/h1-7,14,16-19H,8H2. The van der Waals surface area contributed by atoms with Crippen molar-refractivity contribution in [2.45, 2.75) is 6.10 Å². The Balaban J connectivity index is 2.03. The maximum Gasteiger partial charge on any atom is 0.157 e. The zero-order chi connectivity index (χ0) is 13.8. The molecule has 0 saturated heterocycles. The minimum atomic E-state index is -0.817. The molecule has 2 rings (SSSR count). The summed E-state index contributed by atoms with van der Waals surface area (Å²) in [6.07, 6.45) is -0.817. The number of aliphatic hydroxyl groups excluding tert-OH is 1. The van der Waals surface area contributed by atoms with Gasteiger partial charge < -0.3 is 20.6 Å². The maximum absolute atomic E-state index is 9.99. The number of nitrogens with one attached hydrogen (secondary N) is 1. The molecule has 19 heavy (non-hydrogen) atoms. The molecule has 2 aromatic carbocycles. The first-order valence-electron chi connectivity index (χ1n) is 5.76. The van der Waals surface area contributed by atoms with Crippen molar-refractivity contribution < 1.29 is 15.3 Å². The van der Waals surface area contributed by atoms with Crippen molar-refractivity contribution in [3.63, 3.8) is 0 Å². The number of para-hydroxylation sites is 1. The predicted molar refractivity (Wildman–Crippen MR) is 74.7 cm³/mol. The van der Waals surface area contributed by atoms with Crippen molar-refractivity contribution in [2.24, 2.45) is 0 Å². The second kappa shape index (κ2) is 5.82. The highest BCUT2D eigenvalue weighted by Crippen LogP contribution is 2.28. The third-order valence-electron chi connectivity index (χ3n) is 2.74. The fraction of sp³-hybridized carbons (Fsp3) is 0.143. The molecule has 2 aromatic rings. The van der Waals surface area contributed by atoms with Crippen LogP contribution in [0.25, 0.3) is 0 Å². The van der Waals surface area contributed by atoms with Crippen LogP contribution in [0, 0.1) is 0 Å². The molecule has 0 radical (unpaired) electrons. The summed E-state index contributed by atoms with van der Waals surface area (Å²) in [4.78, 5) is 0. The van der Waals surface area contributed by atoms with Gasteiger partial charge in [0.05, 0.1) is 16.8 Å². The minimum Gasteiger partial charge on any atom is -0.504 e. The van der Waals surface area contributed by atoms with E-state index in [4.69, 9.17) is 11.6 Å². The van der Waals surface area contributed by atoms with Crippen LogP contribution in [-0.4, -0.2) is 21.9 Å². The van der Waals surface area contributed by atoms with Gasteiger partial charge in [-0.3, -0.25) is 0 Å². The summed E-state index contributed by atoms with van der Waals surface area (Å²) in [6.45, 7) is 0.244. The third-order valence-corrected chi connectivity index (χ3v) is 3.07. The number of hydrogen-bond donors (Lipinski definition) is 4. The molecule has 0 fully saturated rings. The van der Waals surface area contributed by atoms with Gasteiger partial charge in [0.25, 0.3) is 0 Å². The van der Waals surface area contributed by atoms with Gasteiger partial charge in [-0.15, -0.1) is 0 Å². The Bertz CT molecular complexity index is 574. The minimum absolute atomic E-state index is 0.213. The molecule has 100 valence electrons. The van der Waals surface area contributed by atoms with Crippen LogP contribution in [0.3, 0.4) is 0 Å². The second-order valence-corrected chi connectivity index (χ2v) is 4.53. The van der Waals surface area contributed by atoms with E-state index in [2.05, 4.69) is 5.32 Å². The van der Waals surface area contributed by atoms with Crippen molar-refractivity contribution in [3.8, 4) is 11.5 Å². The van der Waals surface area contributed by atoms with Crippen LogP contribution in [0.4, 0.5) is 5.69 Å².